The molecule has 1 aromatic carbocycles. The number of aromatic nitrogens is 3. The van der Waals surface area contributed by atoms with E-state index in [4.69, 9.17) is 17.0 Å². The van der Waals surface area contributed by atoms with E-state index in [9.17, 15) is 4.39 Å². The van der Waals surface area contributed by atoms with Gasteiger partial charge in [0.25, 0.3) is 0 Å². The third-order valence-electron chi connectivity index (χ3n) is 4.18. The minimum absolute atomic E-state index is 0.271. The summed E-state index contributed by atoms with van der Waals surface area (Å²) < 4.78 is 21.2. The maximum Gasteiger partial charge on any atom is 0.195 e. The molecule has 0 aliphatic heterocycles. The van der Waals surface area contributed by atoms with E-state index < -0.39 is 0 Å². The van der Waals surface area contributed by atoms with Gasteiger partial charge >= 0.3 is 0 Å². The predicted octanol–water partition coefficient (Wildman–Crippen LogP) is 4.24. The molecule has 22 heavy (non-hydrogen) atoms. The molecule has 0 spiro atoms. The smallest absolute Gasteiger partial charge is 0.195 e. The van der Waals surface area contributed by atoms with E-state index in [0.29, 0.717) is 23.0 Å². The molecule has 0 atom stereocenters. The number of halogens is 1. The molecule has 1 aliphatic rings. The van der Waals surface area contributed by atoms with Crippen molar-refractivity contribution in [3.8, 4) is 5.75 Å². The number of aromatic amines is 1. The van der Waals surface area contributed by atoms with Crippen molar-refractivity contribution in [2.45, 2.75) is 45.3 Å². The van der Waals surface area contributed by atoms with Gasteiger partial charge in [-0.15, -0.1) is 0 Å². The van der Waals surface area contributed by atoms with E-state index in [1.54, 1.807) is 12.1 Å². The molecule has 4 nitrogen and oxygen atoms in total. The molecule has 0 amide bonds. The van der Waals surface area contributed by atoms with Crippen LogP contribution in [-0.2, 0) is 13.2 Å². The van der Waals surface area contributed by atoms with Crippen molar-refractivity contribution >= 4 is 12.2 Å². The summed E-state index contributed by atoms with van der Waals surface area (Å²) in [5.74, 6) is 1.81. The molecule has 1 aliphatic carbocycles. The molecule has 1 heterocycles. The van der Waals surface area contributed by atoms with E-state index in [-0.39, 0.29) is 5.82 Å². The Balaban J connectivity index is 1.66. The van der Waals surface area contributed by atoms with Crippen LogP contribution < -0.4 is 4.74 Å². The number of rotatable bonds is 5. The summed E-state index contributed by atoms with van der Waals surface area (Å²) in [7, 11) is 0. The quantitative estimate of drug-likeness (QED) is 0.838. The molecule has 0 radical (unpaired) electrons. The van der Waals surface area contributed by atoms with Gasteiger partial charge in [-0.05, 0) is 55.2 Å². The normalized spacial score (nSPS) is 15.9. The Morgan fingerprint density at radius 1 is 1.23 bits per heavy atom. The number of hydrogen-bond acceptors (Lipinski definition) is 3. The lowest BCUT2D eigenvalue weighted by molar-refractivity contribution is 0.272. The Morgan fingerprint density at radius 2 is 1.95 bits per heavy atom. The van der Waals surface area contributed by atoms with Crippen LogP contribution in [0, 0.1) is 16.5 Å². The van der Waals surface area contributed by atoms with Gasteiger partial charge in [0, 0.05) is 6.54 Å². The zero-order valence-electron chi connectivity index (χ0n) is 12.4. The second kappa shape index (κ2) is 7.05. The first-order valence-electron chi connectivity index (χ1n) is 7.75. The van der Waals surface area contributed by atoms with E-state index >= 15 is 0 Å². The zero-order chi connectivity index (χ0) is 15.4. The van der Waals surface area contributed by atoms with Gasteiger partial charge in [0.05, 0.1) is 0 Å². The molecule has 1 fully saturated rings. The summed E-state index contributed by atoms with van der Waals surface area (Å²) in [5.41, 5.74) is 0. The molecule has 2 aromatic rings. The van der Waals surface area contributed by atoms with Crippen LogP contribution in [0.4, 0.5) is 4.39 Å². The molecule has 118 valence electrons. The summed E-state index contributed by atoms with van der Waals surface area (Å²) >= 11 is 5.33. The number of H-pyrrole nitrogens is 1. The largest absolute Gasteiger partial charge is 0.486 e. The Labute approximate surface area is 134 Å². The van der Waals surface area contributed by atoms with Crippen molar-refractivity contribution in [3.05, 3.63) is 40.7 Å². The van der Waals surface area contributed by atoms with Crippen molar-refractivity contribution in [2.75, 3.05) is 0 Å². The van der Waals surface area contributed by atoms with Crippen LogP contribution in [0.1, 0.15) is 37.9 Å². The molecule has 0 unspecified atom stereocenters. The summed E-state index contributed by atoms with van der Waals surface area (Å²) in [5, 5.41) is 7.11. The van der Waals surface area contributed by atoms with Gasteiger partial charge in [-0.25, -0.2) is 4.39 Å². The second-order valence-electron chi connectivity index (χ2n) is 5.80. The van der Waals surface area contributed by atoms with Crippen molar-refractivity contribution in [1.29, 1.82) is 0 Å². The molecule has 1 aromatic heterocycles. The topological polar surface area (TPSA) is 42.8 Å². The lowest BCUT2D eigenvalue weighted by Crippen LogP contribution is -2.17. The fourth-order valence-corrected chi connectivity index (χ4v) is 3.18. The van der Waals surface area contributed by atoms with E-state index in [2.05, 4.69) is 10.2 Å². The van der Waals surface area contributed by atoms with Crippen LogP contribution in [0.5, 0.6) is 5.75 Å². The fraction of sp³-hybridized carbons (Fsp3) is 0.500. The third-order valence-corrected chi connectivity index (χ3v) is 4.50. The van der Waals surface area contributed by atoms with Crippen LogP contribution in [0.2, 0.25) is 0 Å². The van der Waals surface area contributed by atoms with Gasteiger partial charge in [0.15, 0.2) is 10.6 Å². The fourth-order valence-electron chi connectivity index (χ4n) is 2.96. The highest BCUT2D eigenvalue weighted by Crippen LogP contribution is 2.25. The van der Waals surface area contributed by atoms with Gasteiger partial charge in [-0.3, -0.25) is 5.10 Å². The highest BCUT2D eigenvalue weighted by atomic mass is 32.1. The minimum Gasteiger partial charge on any atom is -0.486 e. The predicted molar refractivity (Wildman–Crippen MR) is 84.7 cm³/mol. The van der Waals surface area contributed by atoms with E-state index in [1.165, 1.54) is 44.2 Å². The summed E-state index contributed by atoms with van der Waals surface area (Å²) in [6.07, 6.45) is 6.46. The van der Waals surface area contributed by atoms with Gasteiger partial charge in [0.2, 0.25) is 0 Å². The second-order valence-corrected chi connectivity index (χ2v) is 6.19. The van der Waals surface area contributed by atoms with Gasteiger partial charge < -0.3 is 9.30 Å². The molecular formula is C16H20FN3OS. The summed E-state index contributed by atoms with van der Waals surface area (Å²) in [4.78, 5) is 0. The van der Waals surface area contributed by atoms with Gasteiger partial charge in [0.1, 0.15) is 18.2 Å². The van der Waals surface area contributed by atoms with E-state index in [0.717, 1.165) is 12.4 Å². The summed E-state index contributed by atoms with van der Waals surface area (Å²) in [6.45, 7) is 1.23. The highest BCUT2D eigenvalue weighted by Gasteiger charge is 2.17. The third kappa shape index (κ3) is 3.74. The Kier molecular flexibility index (Phi) is 4.87. The van der Waals surface area contributed by atoms with Crippen molar-refractivity contribution in [1.82, 2.24) is 14.8 Å². The number of ether oxygens (including phenoxy) is 1. The number of hydrogen-bond donors (Lipinski definition) is 1. The zero-order valence-corrected chi connectivity index (χ0v) is 13.2. The van der Waals surface area contributed by atoms with Crippen LogP contribution in [0.3, 0.4) is 0 Å². The lowest BCUT2D eigenvalue weighted by atomic mass is 9.89. The Hall–Kier alpha value is -1.69. The van der Waals surface area contributed by atoms with Crippen molar-refractivity contribution in [2.24, 2.45) is 5.92 Å². The molecule has 3 rings (SSSR count). The van der Waals surface area contributed by atoms with Gasteiger partial charge in [-0.2, -0.15) is 5.10 Å². The first kappa shape index (κ1) is 15.2. The SMILES string of the molecule is Fc1ccc(OCc2n[nH]c(=S)n2CC2CCCCC2)cc1. The first-order valence-corrected chi connectivity index (χ1v) is 8.15. The molecule has 0 saturated heterocycles. The highest BCUT2D eigenvalue weighted by molar-refractivity contribution is 7.71. The minimum atomic E-state index is -0.271. The van der Waals surface area contributed by atoms with Crippen molar-refractivity contribution in [3.63, 3.8) is 0 Å². The Bertz CT molecular complexity index is 659. The van der Waals surface area contributed by atoms with E-state index in [1.807, 2.05) is 4.57 Å². The molecule has 0 bridgehead atoms. The average molecular weight is 321 g/mol. The molecular weight excluding hydrogens is 301 g/mol. The standard InChI is InChI=1S/C16H20FN3OS/c17-13-6-8-14(9-7-13)21-11-15-18-19-16(22)20(15)10-12-4-2-1-3-5-12/h6-9,12H,1-5,10-11H2,(H,19,22). The molecule has 1 N–H and O–H groups in total. The maximum absolute atomic E-state index is 12.9. The lowest BCUT2D eigenvalue weighted by Gasteiger charge is -2.22. The average Bonchev–Trinajstić information content (AvgIpc) is 2.88. The monoisotopic (exact) mass is 321 g/mol. The number of benzene rings is 1. The van der Waals surface area contributed by atoms with Crippen molar-refractivity contribution < 1.29 is 9.13 Å². The molecule has 6 heteroatoms. The van der Waals surface area contributed by atoms with Gasteiger partial charge in [-0.1, -0.05) is 19.3 Å². The number of nitrogens with zero attached hydrogens (tertiary/aromatic N) is 2. The summed E-state index contributed by atoms with van der Waals surface area (Å²) in [6, 6.07) is 5.99. The maximum atomic E-state index is 12.9. The molecule has 1 saturated carbocycles. The van der Waals surface area contributed by atoms with Crippen LogP contribution >= 0.6 is 12.2 Å². The number of nitrogens with one attached hydrogen (secondary N) is 1. The van der Waals surface area contributed by atoms with Crippen LogP contribution in [0.25, 0.3) is 0 Å². The van der Waals surface area contributed by atoms with Crippen LogP contribution in [-0.4, -0.2) is 14.8 Å². The van der Waals surface area contributed by atoms with Crippen LogP contribution in [0.15, 0.2) is 24.3 Å². The Morgan fingerprint density at radius 3 is 2.68 bits per heavy atom. The first-order chi connectivity index (χ1) is 10.7.